The lowest BCUT2D eigenvalue weighted by molar-refractivity contribution is 0.664. The van der Waals surface area contributed by atoms with Crippen LogP contribution >= 0.6 is 23.1 Å². The average molecular weight is 325 g/mol. The molecule has 1 atom stereocenters. The third kappa shape index (κ3) is 4.01. The molecule has 1 unspecified atom stereocenters. The van der Waals surface area contributed by atoms with Crippen molar-refractivity contribution in [3.05, 3.63) is 11.4 Å². The van der Waals surface area contributed by atoms with Gasteiger partial charge in [0.1, 0.15) is 10.6 Å². The predicted octanol–water partition coefficient (Wildman–Crippen LogP) is 4.09. The second kappa shape index (κ2) is 7.84. The first-order chi connectivity index (χ1) is 10.2. The summed E-state index contributed by atoms with van der Waals surface area (Å²) in [6.07, 6.45) is 4.38. The summed E-state index contributed by atoms with van der Waals surface area (Å²) in [5.74, 6) is 2.95. The molecule has 0 aliphatic heterocycles. The van der Waals surface area contributed by atoms with Crippen molar-refractivity contribution >= 4 is 45.1 Å². The van der Waals surface area contributed by atoms with E-state index in [9.17, 15) is 0 Å². The number of anilines is 2. The van der Waals surface area contributed by atoms with Gasteiger partial charge in [0.2, 0.25) is 5.95 Å². The highest BCUT2D eigenvalue weighted by atomic mass is 32.2. The second-order valence-electron chi connectivity index (χ2n) is 5.18. The van der Waals surface area contributed by atoms with Gasteiger partial charge in [-0.25, -0.2) is 4.98 Å². The molecule has 2 aromatic heterocycles. The molecule has 116 valence electrons. The minimum atomic E-state index is 0.467. The second-order valence-corrected chi connectivity index (χ2v) is 7.06. The van der Waals surface area contributed by atoms with E-state index in [0.29, 0.717) is 6.04 Å². The molecule has 2 aromatic rings. The number of fused-ring (bicyclic) bond motifs is 1. The summed E-state index contributed by atoms with van der Waals surface area (Å²) in [4.78, 5) is 12.7. The first-order valence-corrected chi connectivity index (χ1v) is 9.65. The van der Waals surface area contributed by atoms with Crippen molar-refractivity contribution < 1.29 is 0 Å². The molecule has 0 saturated heterocycles. The van der Waals surface area contributed by atoms with Crippen LogP contribution in [0.5, 0.6) is 0 Å². The van der Waals surface area contributed by atoms with Gasteiger partial charge in [-0.3, -0.25) is 0 Å². The van der Waals surface area contributed by atoms with Crippen molar-refractivity contribution in [1.82, 2.24) is 9.97 Å². The van der Waals surface area contributed by atoms with Crippen LogP contribution in [0.3, 0.4) is 0 Å². The van der Waals surface area contributed by atoms with Gasteiger partial charge < -0.3 is 10.2 Å². The summed E-state index contributed by atoms with van der Waals surface area (Å²) >= 11 is 3.57. The normalized spacial score (nSPS) is 12.6. The number of hydrogen-bond acceptors (Lipinski definition) is 6. The lowest BCUT2D eigenvalue weighted by Crippen LogP contribution is -2.30. The van der Waals surface area contributed by atoms with Gasteiger partial charge in [0.15, 0.2) is 0 Å². The topological polar surface area (TPSA) is 41.1 Å². The Balaban J connectivity index is 2.29. The number of thioether (sulfide) groups is 1. The molecular weight excluding hydrogens is 300 g/mol. The van der Waals surface area contributed by atoms with Gasteiger partial charge in [-0.15, -0.1) is 11.3 Å². The largest absolute Gasteiger partial charge is 0.356 e. The lowest BCUT2D eigenvalue weighted by atomic mass is 10.2. The third-order valence-corrected chi connectivity index (χ3v) is 5.02. The zero-order chi connectivity index (χ0) is 15.2. The third-order valence-electron chi connectivity index (χ3n) is 3.57. The van der Waals surface area contributed by atoms with Gasteiger partial charge in [0, 0.05) is 19.6 Å². The lowest BCUT2D eigenvalue weighted by Gasteiger charge is -2.26. The van der Waals surface area contributed by atoms with Gasteiger partial charge in [-0.1, -0.05) is 6.92 Å². The van der Waals surface area contributed by atoms with Crippen molar-refractivity contribution in [2.24, 2.45) is 0 Å². The quantitative estimate of drug-likeness (QED) is 0.792. The van der Waals surface area contributed by atoms with E-state index in [-0.39, 0.29) is 0 Å². The van der Waals surface area contributed by atoms with E-state index < -0.39 is 0 Å². The van der Waals surface area contributed by atoms with Gasteiger partial charge in [-0.05, 0) is 43.2 Å². The smallest absolute Gasteiger partial charge is 0.226 e. The van der Waals surface area contributed by atoms with Crippen LogP contribution in [-0.2, 0) is 0 Å². The molecule has 0 aliphatic carbocycles. The Morgan fingerprint density at radius 1 is 1.43 bits per heavy atom. The summed E-state index contributed by atoms with van der Waals surface area (Å²) < 4.78 is 0. The van der Waals surface area contributed by atoms with Crippen LogP contribution in [0, 0.1) is 0 Å². The van der Waals surface area contributed by atoms with E-state index >= 15 is 0 Å². The number of hydrogen-bond donors (Lipinski definition) is 1. The Bertz CT molecular complexity index is 570. The highest BCUT2D eigenvalue weighted by Gasteiger charge is 2.16. The first-order valence-electron chi connectivity index (χ1n) is 7.38. The molecule has 4 nitrogen and oxygen atoms in total. The molecule has 0 saturated carbocycles. The summed E-state index contributed by atoms with van der Waals surface area (Å²) in [7, 11) is 2.13. The number of rotatable bonds is 8. The Hall–Kier alpha value is -1.01. The van der Waals surface area contributed by atoms with E-state index in [1.54, 1.807) is 11.3 Å². The Labute approximate surface area is 135 Å². The van der Waals surface area contributed by atoms with Crippen molar-refractivity contribution in [1.29, 1.82) is 0 Å². The SMILES string of the molecule is CCCNc1nc(N(C)C(C)CCSC)c2ccsc2n1. The molecule has 0 bridgehead atoms. The van der Waals surface area contributed by atoms with Gasteiger partial charge in [0.25, 0.3) is 0 Å². The Morgan fingerprint density at radius 2 is 2.24 bits per heavy atom. The maximum absolute atomic E-state index is 4.74. The number of nitrogens with one attached hydrogen (secondary N) is 1. The zero-order valence-corrected chi connectivity index (χ0v) is 14.9. The summed E-state index contributed by atoms with van der Waals surface area (Å²) in [5.41, 5.74) is 0. The highest BCUT2D eigenvalue weighted by Crippen LogP contribution is 2.30. The van der Waals surface area contributed by atoms with Crippen molar-refractivity contribution in [2.75, 3.05) is 35.8 Å². The molecule has 0 fully saturated rings. The molecule has 2 heterocycles. The molecule has 0 spiro atoms. The zero-order valence-electron chi connectivity index (χ0n) is 13.2. The molecule has 6 heteroatoms. The van der Waals surface area contributed by atoms with E-state index in [1.807, 2.05) is 11.8 Å². The molecule has 0 aliphatic rings. The summed E-state index contributed by atoms with van der Waals surface area (Å²) in [5, 5.41) is 6.55. The van der Waals surface area contributed by atoms with Crippen LogP contribution in [0.25, 0.3) is 10.2 Å². The molecule has 2 rings (SSSR count). The van der Waals surface area contributed by atoms with Crippen LogP contribution in [0.1, 0.15) is 26.7 Å². The van der Waals surface area contributed by atoms with Crippen LogP contribution in [-0.4, -0.2) is 41.6 Å². The van der Waals surface area contributed by atoms with Crippen LogP contribution in [0.2, 0.25) is 0 Å². The van der Waals surface area contributed by atoms with Crippen LogP contribution < -0.4 is 10.2 Å². The molecule has 0 radical (unpaired) electrons. The van der Waals surface area contributed by atoms with E-state index in [2.05, 4.69) is 53.8 Å². The highest BCUT2D eigenvalue weighted by molar-refractivity contribution is 7.98. The minimum absolute atomic E-state index is 0.467. The van der Waals surface area contributed by atoms with E-state index in [4.69, 9.17) is 4.98 Å². The fourth-order valence-corrected chi connectivity index (χ4v) is 3.45. The monoisotopic (exact) mass is 324 g/mol. The van der Waals surface area contributed by atoms with E-state index in [0.717, 1.165) is 41.4 Å². The fourth-order valence-electron chi connectivity index (χ4n) is 2.12. The molecule has 21 heavy (non-hydrogen) atoms. The first kappa shape index (κ1) is 16.4. The molecule has 0 aromatic carbocycles. The Kier molecular flexibility index (Phi) is 6.11. The van der Waals surface area contributed by atoms with Gasteiger partial charge in [0.05, 0.1) is 5.39 Å². The molecule has 1 N–H and O–H groups in total. The average Bonchev–Trinajstić information content (AvgIpc) is 2.97. The summed E-state index contributed by atoms with van der Waals surface area (Å²) in [6, 6.07) is 2.59. The predicted molar refractivity (Wildman–Crippen MR) is 97.1 cm³/mol. The summed E-state index contributed by atoms with van der Waals surface area (Å²) in [6.45, 7) is 5.31. The number of thiophene rings is 1. The molecular formula is C15H24N4S2. The van der Waals surface area contributed by atoms with Crippen LogP contribution in [0.15, 0.2) is 11.4 Å². The van der Waals surface area contributed by atoms with Gasteiger partial charge >= 0.3 is 0 Å². The van der Waals surface area contributed by atoms with Crippen LogP contribution in [0.4, 0.5) is 11.8 Å². The number of nitrogens with zero attached hydrogens (tertiary/aromatic N) is 3. The Morgan fingerprint density at radius 3 is 2.95 bits per heavy atom. The minimum Gasteiger partial charge on any atom is -0.356 e. The van der Waals surface area contributed by atoms with Crippen molar-refractivity contribution in [3.8, 4) is 0 Å². The van der Waals surface area contributed by atoms with Crippen molar-refractivity contribution in [3.63, 3.8) is 0 Å². The maximum atomic E-state index is 4.74. The standard InChI is InChI=1S/C15H24N4S2/c1-5-8-16-15-17-13(12-7-10-21-14(12)18-15)19(3)11(2)6-9-20-4/h7,10-11H,5-6,8-9H2,1-4H3,(H,16,17,18). The fraction of sp³-hybridized carbons (Fsp3) is 0.600. The van der Waals surface area contributed by atoms with Gasteiger partial charge in [-0.2, -0.15) is 16.7 Å². The molecule has 0 amide bonds. The number of aromatic nitrogens is 2. The van der Waals surface area contributed by atoms with Crippen molar-refractivity contribution in [2.45, 2.75) is 32.7 Å². The maximum Gasteiger partial charge on any atom is 0.226 e. The van der Waals surface area contributed by atoms with E-state index in [1.165, 1.54) is 5.75 Å².